The highest BCUT2D eigenvalue weighted by Crippen LogP contribution is 2.23. The zero-order valence-electron chi connectivity index (χ0n) is 11.9. The summed E-state index contributed by atoms with van der Waals surface area (Å²) in [5, 5.41) is 0. The van der Waals surface area contributed by atoms with Crippen molar-refractivity contribution < 1.29 is 9.13 Å². The Balaban J connectivity index is 2.24. The molecule has 1 nitrogen and oxygen atoms in total. The minimum absolute atomic E-state index is 0.242. The van der Waals surface area contributed by atoms with Crippen molar-refractivity contribution in [1.82, 2.24) is 0 Å². The van der Waals surface area contributed by atoms with Crippen LogP contribution < -0.4 is 0 Å². The summed E-state index contributed by atoms with van der Waals surface area (Å²) < 4.78 is 18.8. The van der Waals surface area contributed by atoms with E-state index in [-0.39, 0.29) is 5.82 Å². The van der Waals surface area contributed by atoms with Crippen molar-refractivity contribution >= 4 is 6.08 Å². The Morgan fingerprint density at radius 2 is 1.75 bits per heavy atom. The molecule has 2 aromatic rings. The van der Waals surface area contributed by atoms with Crippen molar-refractivity contribution in [2.24, 2.45) is 0 Å². The molecular weight excluding hydrogens is 251 g/mol. The fraction of sp³-hybridized carbons (Fsp3) is 0.222. The van der Waals surface area contributed by atoms with E-state index in [1.54, 1.807) is 25.3 Å². The van der Waals surface area contributed by atoms with Crippen molar-refractivity contribution in [3.8, 4) is 11.1 Å². The molecule has 0 atom stereocenters. The highest BCUT2D eigenvalue weighted by atomic mass is 19.1. The van der Waals surface area contributed by atoms with Crippen LogP contribution in [0.2, 0.25) is 0 Å². The molecule has 0 saturated carbocycles. The molecular formula is C18H19FO. The number of rotatable bonds is 5. The van der Waals surface area contributed by atoms with E-state index in [1.807, 2.05) is 18.2 Å². The SMILES string of the molecule is CCCc1ccc(-c2ccc(C=COC)c(F)c2)cc1. The van der Waals surface area contributed by atoms with Gasteiger partial charge in [0.1, 0.15) is 5.82 Å². The summed E-state index contributed by atoms with van der Waals surface area (Å²) in [5.41, 5.74) is 3.76. The van der Waals surface area contributed by atoms with E-state index < -0.39 is 0 Å². The Labute approximate surface area is 119 Å². The molecule has 0 saturated heterocycles. The average molecular weight is 270 g/mol. The quantitative estimate of drug-likeness (QED) is 0.690. The van der Waals surface area contributed by atoms with E-state index in [2.05, 4.69) is 19.1 Å². The van der Waals surface area contributed by atoms with Gasteiger partial charge in [-0.2, -0.15) is 0 Å². The van der Waals surface area contributed by atoms with Gasteiger partial charge in [0.2, 0.25) is 0 Å². The summed E-state index contributed by atoms with van der Waals surface area (Å²) in [4.78, 5) is 0. The number of ether oxygens (including phenoxy) is 1. The third-order valence-electron chi connectivity index (χ3n) is 3.21. The lowest BCUT2D eigenvalue weighted by Crippen LogP contribution is -1.87. The maximum absolute atomic E-state index is 14.0. The Kier molecular flexibility index (Phi) is 4.94. The Morgan fingerprint density at radius 3 is 2.35 bits per heavy atom. The molecule has 2 heteroatoms. The predicted molar refractivity (Wildman–Crippen MR) is 81.9 cm³/mol. The molecule has 0 aliphatic rings. The molecule has 0 aliphatic heterocycles. The molecule has 0 N–H and O–H groups in total. The second kappa shape index (κ2) is 6.90. The summed E-state index contributed by atoms with van der Waals surface area (Å²) in [7, 11) is 1.54. The standard InChI is InChI=1S/C18H19FO/c1-3-4-14-5-7-15(8-6-14)17-10-9-16(11-12-20-2)18(19)13-17/h5-13H,3-4H2,1-2H3. The van der Waals surface area contributed by atoms with Gasteiger partial charge < -0.3 is 4.74 Å². The molecule has 0 spiro atoms. The number of benzene rings is 2. The van der Waals surface area contributed by atoms with E-state index >= 15 is 0 Å². The summed E-state index contributed by atoms with van der Waals surface area (Å²) in [6.07, 6.45) is 5.30. The topological polar surface area (TPSA) is 9.23 Å². The molecule has 20 heavy (non-hydrogen) atoms. The van der Waals surface area contributed by atoms with Crippen LogP contribution in [0.5, 0.6) is 0 Å². The van der Waals surface area contributed by atoms with Crippen LogP contribution in [0, 0.1) is 5.82 Å². The first kappa shape index (κ1) is 14.3. The third-order valence-corrected chi connectivity index (χ3v) is 3.21. The van der Waals surface area contributed by atoms with Crippen molar-refractivity contribution in [2.75, 3.05) is 7.11 Å². The third kappa shape index (κ3) is 3.47. The summed E-state index contributed by atoms with van der Waals surface area (Å²) >= 11 is 0. The van der Waals surface area contributed by atoms with E-state index in [0.717, 1.165) is 24.0 Å². The fourth-order valence-electron chi connectivity index (χ4n) is 2.14. The lowest BCUT2D eigenvalue weighted by Gasteiger charge is -2.05. The van der Waals surface area contributed by atoms with E-state index in [1.165, 1.54) is 11.8 Å². The van der Waals surface area contributed by atoms with Gasteiger partial charge in [0.05, 0.1) is 13.4 Å². The Morgan fingerprint density at radius 1 is 1.05 bits per heavy atom. The Hall–Kier alpha value is -2.09. The maximum atomic E-state index is 14.0. The van der Waals surface area contributed by atoms with Gasteiger partial charge in [-0.3, -0.25) is 0 Å². The Bertz CT molecular complexity index is 585. The highest BCUT2D eigenvalue weighted by molar-refractivity contribution is 5.66. The zero-order valence-corrected chi connectivity index (χ0v) is 11.9. The van der Waals surface area contributed by atoms with E-state index in [4.69, 9.17) is 4.74 Å². The van der Waals surface area contributed by atoms with Crippen molar-refractivity contribution in [3.05, 3.63) is 65.7 Å². The first-order valence-corrected chi connectivity index (χ1v) is 6.83. The van der Waals surface area contributed by atoms with Crippen LogP contribution in [0.4, 0.5) is 4.39 Å². The van der Waals surface area contributed by atoms with Crippen LogP contribution in [0.3, 0.4) is 0 Å². The maximum Gasteiger partial charge on any atom is 0.131 e. The molecule has 2 rings (SSSR count). The summed E-state index contributed by atoms with van der Waals surface area (Å²) in [5.74, 6) is -0.242. The number of hydrogen-bond donors (Lipinski definition) is 0. The fourth-order valence-corrected chi connectivity index (χ4v) is 2.14. The van der Waals surface area contributed by atoms with Crippen molar-refractivity contribution in [2.45, 2.75) is 19.8 Å². The zero-order chi connectivity index (χ0) is 14.4. The van der Waals surface area contributed by atoms with Gasteiger partial charge in [-0.1, -0.05) is 49.7 Å². The predicted octanol–water partition coefficient (Wildman–Crippen LogP) is 5.06. The van der Waals surface area contributed by atoms with E-state index in [9.17, 15) is 4.39 Å². The molecule has 0 radical (unpaired) electrons. The van der Waals surface area contributed by atoms with Gasteiger partial charge >= 0.3 is 0 Å². The lowest BCUT2D eigenvalue weighted by molar-refractivity contribution is 0.341. The molecule has 0 heterocycles. The summed E-state index contributed by atoms with van der Waals surface area (Å²) in [6.45, 7) is 2.16. The van der Waals surface area contributed by atoms with Crippen LogP contribution >= 0.6 is 0 Å². The van der Waals surface area contributed by atoms with Gasteiger partial charge in [0, 0.05) is 5.56 Å². The molecule has 0 fully saturated rings. The minimum atomic E-state index is -0.242. The molecule has 0 aromatic heterocycles. The van der Waals surface area contributed by atoms with Crippen LogP contribution in [0.25, 0.3) is 17.2 Å². The number of halogens is 1. The van der Waals surface area contributed by atoms with Crippen LogP contribution in [-0.4, -0.2) is 7.11 Å². The van der Waals surface area contributed by atoms with E-state index in [0.29, 0.717) is 5.56 Å². The highest BCUT2D eigenvalue weighted by Gasteiger charge is 2.03. The van der Waals surface area contributed by atoms with Gasteiger partial charge in [-0.25, -0.2) is 4.39 Å². The number of methoxy groups -OCH3 is 1. The first-order valence-electron chi connectivity index (χ1n) is 6.83. The molecule has 0 unspecified atom stereocenters. The molecule has 2 aromatic carbocycles. The minimum Gasteiger partial charge on any atom is -0.504 e. The normalized spacial score (nSPS) is 10.9. The molecule has 104 valence electrons. The molecule has 0 bridgehead atoms. The summed E-state index contributed by atoms with van der Waals surface area (Å²) in [6, 6.07) is 13.6. The lowest BCUT2D eigenvalue weighted by atomic mass is 10.0. The van der Waals surface area contributed by atoms with Crippen LogP contribution in [-0.2, 0) is 11.2 Å². The average Bonchev–Trinajstić information content (AvgIpc) is 2.47. The first-order chi connectivity index (χ1) is 9.74. The van der Waals surface area contributed by atoms with Crippen LogP contribution in [0.1, 0.15) is 24.5 Å². The number of hydrogen-bond acceptors (Lipinski definition) is 1. The monoisotopic (exact) mass is 270 g/mol. The van der Waals surface area contributed by atoms with Crippen molar-refractivity contribution in [1.29, 1.82) is 0 Å². The van der Waals surface area contributed by atoms with Crippen LogP contribution in [0.15, 0.2) is 48.7 Å². The number of aryl methyl sites for hydroxylation is 1. The molecule has 0 amide bonds. The van der Waals surface area contributed by atoms with Gasteiger partial charge in [-0.05, 0) is 35.3 Å². The largest absolute Gasteiger partial charge is 0.504 e. The van der Waals surface area contributed by atoms with Gasteiger partial charge in [0.15, 0.2) is 0 Å². The van der Waals surface area contributed by atoms with Crippen molar-refractivity contribution in [3.63, 3.8) is 0 Å². The second-order valence-electron chi connectivity index (χ2n) is 4.72. The second-order valence-corrected chi connectivity index (χ2v) is 4.72. The molecule has 0 aliphatic carbocycles. The van der Waals surface area contributed by atoms with Gasteiger partial charge in [-0.15, -0.1) is 0 Å². The smallest absolute Gasteiger partial charge is 0.131 e. The van der Waals surface area contributed by atoms with Gasteiger partial charge in [0.25, 0.3) is 0 Å².